The summed E-state index contributed by atoms with van der Waals surface area (Å²) in [7, 11) is 0. The summed E-state index contributed by atoms with van der Waals surface area (Å²) < 4.78 is 5.20. The number of hydrogen-bond donors (Lipinski definition) is 13. The van der Waals surface area contributed by atoms with Crippen LogP contribution in [0.4, 0.5) is 0 Å². The molecule has 1 saturated heterocycles. The average Bonchev–Trinajstić information content (AvgIpc) is 2.97. The third kappa shape index (κ3) is 6.51. The van der Waals surface area contributed by atoms with E-state index in [2.05, 4.69) is 0 Å². The lowest BCUT2D eigenvalue weighted by molar-refractivity contribution is -0.207. The lowest BCUT2D eigenvalue weighted by Crippen LogP contribution is -2.63. The molecule has 42 heavy (non-hydrogen) atoms. The van der Waals surface area contributed by atoms with Gasteiger partial charge in [0, 0.05) is 24.2 Å². The van der Waals surface area contributed by atoms with Crippen molar-refractivity contribution in [3.63, 3.8) is 0 Å². The zero-order valence-electron chi connectivity index (χ0n) is 22.1. The summed E-state index contributed by atoms with van der Waals surface area (Å²) in [5, 5.41) is 134. The number of Topliss-reactive ketones (excluding diaryl/α,β-unsaturated/α-hetero) is 1. The summed E-state index contributed by atoms with van der Waals surface area (Å²) in [6, 6.07) is 5.56. The minimum atomic E-state index is -3.55. The molecule has 3 rings (SSSR count). The third-order valence-electron chi connectivity index (χ3n) is 7.42. The van der Waals surface area contributed by atoms with E-state index in [1.54, 1.807) is 0 Å². The van der Waals surface area contributed by atoms with E-state index in [1.165, 1.54) is 30.3 Å². The number of phenols is 1. The summed E-state index contributed by atoms with van der Waals surface area (Å²) >= 11 is 0. The van der Waals surface area contributed by atoms with Gasteiger partial charge in [0.25, 0.3) is 0 Å². The predicted octanol–water partition coefficient (Wildman–Crippen LogP) is -3.60. The highest BCUT2D eigenvalue weighted by Gasteiger charge is 2.58. The van der Waals surface area contributed by atoms with Crippen LogP contribution in [0.3, 0.4) is 0 Å². The molecule has 1 aromatic rings. The number of ether oxygens (including phenoxy) is 1. The Morgan fingerprint density at radius 1 is 1.00 bits per heavy atom. The summed E-state index contributed by atoms with van der Waals surface area (Å²) in [5.41, 5.74) is -4.55. The number of allylic oxidation sites excluding steroid dienone is 1. The second-order valence-electron chi connectivity index (χ2n) is 10.2. The number of aliphatic hydroxyl groups excluding tert-OH is 11. The SMILES string of the molecule is O=C1C(=C(O)/C=C/c2ccc(O)cc2)CC(C(O)C2OCC(O)C(O)C2O)=C(O)C1(O)[C@@H](O)C(O)[C@H](O)[C@@H](O)CCO. The van der Waals surface area contributed by atoms with Crippen LogP contribution in [0.25, 0.3) is 6.08 Å². The van der Waals surface area contributed by atoms with Crippen molar-refractivity contribution < 1.29 is 75.9 Å². The van der Waals surface area contributed by atoms with E-state index in [9.17, 15) is 66.1 Å². The number of ketones is 1. The molecule has 15 heteroatoms. The number of benzene rings is 1. The minimum absolute atomic E-state index is 0.0508. The highest BCUT2D eigenvalue weighted by Crippen LogP contribution is 2.41. The quantitative estimate of drug-likeness (QED) is 0.0912. The maximum Gasteiger partial charge on any atom is 0.213 e. The monoisotopic (exact) mass is 600 g/mol. The fourth-order valence-electron chi connectivity index (χ4n) is 4.79. The molecule has 2 aliphatic rings. The first-order valence-corrected chi connectivity index (χ1v) is 12.9. The van der Waals surface area contributed by atoms with E-state index < -0.39 is 115 Å². The molecule has 1 aliphatic heterocycles. The summed E-state index contributed by atoms with van der Waals surface area (Å²) in [6.07, 6.45) is -17.7. The van der Waals surface area contributed by atoms with Gasteiger partial charge in [-0.2, -0.15) is 0 Å². The first-order chi connectivity index (χ1) is 19.7. The van der Waals surface area contributed by atoms with E-state index in [1.807, 2.05) is 0 Å². The molecule has 0 radical (unpaired) electrons. The Labute approximate surface area is 239 Å². The summed E-state index contributed by atoms with van der Waals surface area (Å²) in [6.45, 7) is -1.22. The number of carbonyl (C=O) groups is 1. The largest absolute Gasteiger partial charge is 0.509 e. The Hall–Kier alpha value is -2.93. The maximum atomic E-state index is 13.5. The Bertz CT molecular complexity index is 1190. The molecule has 1 aromatic carbocycles. The van der Waals surface area contributed by atoms with Crippen LogP contribution in [-0.2, 0) is 9.53 Å². The summed E-state index contributed by atoms with van der Waals surface area (Å²) in [5.74, 6) is -3.90. The first kappa shape index (κ1) is 33.6. The lowest BCUT2D eigenvalue weighted by atomic mass is 9.72. The second kappa shape index (κ2) is 13.6. The van der Waals surface area contributed by atoms with E-state index in [0.717, 1.165) is 6.08 Å². The van der Waals surface area contributed by atoms with Crippen LogP contribution in [-0.4, -0.2) is 146 Å². The van der Waals surface area contributed by atoms with Gasteiger partial charge >= 0.3 is 0 Å². The van der Waals surface area contributed by atoms with Gasteiger partial charge in [-0.05, 0) is 30.2 Å². The van der Waals surface area contributed by atoms with Gasteiger partial charge in [0.2, 0.25) is 11.4 Å². The van der Waals surface area contributed by atoms with E-state index in [4.69, 9.17) is 9.84 Å². The van der Waals surface area contributed by atoms with Crippen LogP contribution >= 0.6 is 0 Å². The normalized spacial score (nSPS) is 32.0. The van der Waals surface area contributed by atoms with Crippen LogP contribution < -0.4 is 0 Å². The van der Waals surface area contributed by atoms with E-state index in [0.29, 0.717) is 5.56 Å². The Morgan fingerprint density at radius 2 is 1.62 bits per heavy atom. The van der Waals surface area contributed by atoms with Gasteiger partial charge in [-0.25, -0.2) is 0 Å². The van der Waals surface area contributed by atoms with Crippen molar-refractivity contribution in [2.24, 2.45) is 0 Å². The Balaban J connectivity index is 2.11. The number of aromatic hydroxyl groups is 1. The number of carbonyl (C=O) groups excluding carboxylic acids is 1. The molecule has 1 fully saturated rings. The number of rotatable bonds is 10. The van der Waals surface area contributed by atoms with Gasteiger partial charge in [-0.1, -0.05) is 18.2 Å². The van der Waals surface area contributed by atoms with Crippen LogP contribution in [0.1, 0.15) is 18.4 Å². The van der Waals surface area contributed by atoms with Crippen molar-refractivity contribution in [3.05, 3.63) is 58.6 Å². The molecular weight excluding hydrogens is 564 g/mol. The molecule has 1 heterocycles. The minimum Gasteiger partial charge on any atom is -0.509 e. The van der Waals surface area contributed by atoms with Crippen molar-refractivity contribution in [3.8, 4) is 5.75 Å². The molecule has 10 atom stereocenters. The van der Waals surface area contributed by atoms with Crippen LogP contribution in [0.15, 0.2) is 53.0 Å². The van der Waals surface area contributed by atoms with Gasteiger partial charge in [-0.15, -0.1) is 0 Å². The topological polar surface area (TPSA) is 289 Å². The molecule has 7 unspecified atom stereocenters. The third-order valence-corrected chi connectivity index (χ3v) is 7.42. The number of phenolic OH excluding ortho intramolecular Hbond substituents is 1. The first-order valence-electron chi connectivity index (χ1n) is 12.9. The van der Waals surface area contributed by atoms with Crippen molar-refractivity contribution >= 4 is 11.9 Å². The van der Waals surface area contributed by atoms with E-state index in [-0.39, 0.29) is 5.75 Å². The fourth-order valence-corrected chi connectivity index (χ4v) is 4.79. The Kier molecular flexibility index (Phi) is 10.9. The standard InChI is InChI=1S/C27H36O15/c28-8-7-16(31)19(34)22(37)26(40)27(41)24(38)13(15(30)6-3-11-1-4-12(29)5-2-11)9-14(25(27)39)18(33)23-21(36)20(35)17(32)10-42-23/h1-6,16-23,26,28-37,39-41H,7-10H2/b6-3+,15-13?/t16-,17?,18?,19+,20?,21?,22?,23?,26-,27?/m0/s1. The smallest absolute Gasteiger partial charge is 0.213 e. The van der Waals surface area contributed by atoms with Gasteiger partial charge in [-0.3, -0.25) is 4.79 Å². The molecule has 234 valence electrons. The average molecular weight is 601 g/mol. The predicted molar refractivity (Wildman–Crippen MR) is 141 cm³/mol. The molecule has 0 spiro atoms. The van der Waals surface area contributed by atoms with Gasteiger partial charge in [0.05, 0.1) is 12.7 Å². The molecule has 0 bridgehead atoms. The fraction of sp³-hybridized carbons (Fsp3) is 0.519. The highest BCUT2D eigenvalue weighted by atomic mass is 16.5. The Morgan fingerprint density at radius 3 is 2.21 bits per heavy atom. The van der Waals surface area contributed by atoms with Gasteiger partial charge < -0.3 is 71.1 Å². The molecule has 0 saturated carbocycles. The van der Waals surface area contributed by atoms with Crippen LogP contribution in [0, 0.1) is 0 Å². The molecule has 0 amide bonds. The number of hydrogen-bond acceptors (Lipinski definition) is 15. The summed E-state index contributed by atoms with van der Waals surface area (Å²) in [4.78, 5) is 13.5. The zero-order chi connectivity index (χ0) is 31.5. The highest BCUT2D eigenvalue weighted by molar-refractivity contribution is 6.06. The van der Waals surface area contributed by atoms with E-state index >= 15 is 0 Å². The molecule has 15 nitrogen and oxygen atoms in total. The van der Waals surface area contributed by atoms with Crippen molar-refractivity contribution in [1.29, 1.82) is 0 Å². The van der Waals surface area contributed by atoms with Crippen molar-refractivity contribution in [2.45, 2.75) is 73.4 Å². The van der Waals surface area contributed by atoms with Crippen LogP contribution in [0.2, 0.25) is 0 Å². The van der Waals surface area contributed by atoms with Crippen LogP contribution in [0.5, 0.6) is 5.75 Å². The van der Waals surface area contributed by atoms with Crippen molar-refractivity contribution in [1.82, 2.24) is 0 Å². The number of aliphatic hydroxyl groups is 12. The molecule has 0 aromatic heterocycles. The maximum absolute atomic E-state index is 13.5. The zero-order valence-corrected chi connectivity index (χ0v) is 22.1. The van der Waals surface area contributed by atoms with Gasteiger partial charge in [0.15, 0.2) is 0 Å². The van der Waals surface area contributed by atoms with Crippen molar-refractivity contribution in [2.75, 3.05) is 13.2 Å². The molecule has 13 N–H and O–H groups in total. The second-order valence-corrected chi connectivity index (χ2v) is 10.2. The van der Waals surface area contributed by atoms with Gasteiger partial charge in [0.1, 0.15) is 66.1 Å². The lowest BCUT2D eigenvalue weighted by Gasteiger charge is -2.43. The molecular formula is C27H36O15. The molecule has 1 aliphatic carbocycles.